The molecule has 0 saturated heterocycles. The zero-order valence-electron chi connectivity index (χ0n) is 12.5. The maximum atomic E-state index is 11.9. The van der Waals surface area contributed by atoms with Gasteiger partial charge in [-0.1, -0.05) is 12.1 Å². The van der Waals surface area contributed by atoms with Crippen molar-refractivity contribution in [2.45, 2.75) is 25.1 Å². The van der Waals surface area contributed by atoms with Crippen molar-refractivity contribution in [1.29, 1.82) is 0 Å². The maximum absolute atomic E-state index is 11.9. The van der Waals surface area contributed by atoms with Gasteiger partial charge >= 0.3 is 5.97 Å². The van der Waals surface area contributed by atoms with E-state index in [1.165, 1.54) is 18.7 Å². The van der Waals surface area contributed by atoms with Gasteiger partial charge in [-0.2, -0.15) is 11.8 Å². The Bertz CT molecular complexity index is 775. The van der Waals surface area contributed by atoms with Crippen LogP contribution in [0, 0.1) is 0 Å². The van der Waals surface area contributed by atoms with Crippen LogP contribution >= 0.6 is 11.8 Å². The van der Waals surface area contributed by atoms with Crippen LogP contribution in [0.4, 0.5) is 0 Å². The molecule has 3 N–H and O–H groups in total. The molecule has 7 nitrogen and oxygen atoms in total. The number of carbonyl (C=O) groups excluding carboxylic acids is 1. The van der Waals surface area contributed by atoms with Crippen molar-refractivity contribution in [3.05, 3.63) is 40.4 Å². The SMILES string of the molecule is C[C@H](NC(=O)CCSCc1nc2ccccc2c(=O)[nH]1)C(=O)O. The maximum Gasteiger partial charge on any atom is 0.325 e. The summed E-state index contributed by atoms with van der Waals surface area (Å²) < 4.78 is 0. The molecule has 0 fully saturated rings. The fraction of sp³-hybridized carbons (Fsp3) is 0.333. The summed E-state index contributed by atoms with van der Waals surface area (Å²) in [4.78, 5) is 41.2. The molecular weight excluding hydrogens is 318 g/mol. The van der Waals surface area contributed by atoms with Gasteiger partial charge in [-0.15, -0.1) is 0 Å². The summed E-state index contributed by atoms with van der Waals surface area (Å²) in [6, 6.07) is 6.20. The molecule has 2 aromatic rings. The number of hydrogen-bond acceptors (Lipinski definition) is 5. The number of aromatic nitrogens is 2. The zero-order valence-corrected chi connectivity index (χ0v) is 13.4. The van der Waals surface area contributed by atoms with Gasteiger partial charge in [0.2, 0.25) is 5.91 Å². The van der Waals surface area contributed by atoms with E-state index in [-0.39, 0.29) is 17.9 Å². The number of nitrogens with zero attached hydrogens (tertiary/aromatic N) is 1. The van der Waals surface area contributed by atoms with Gasteiger partial charge in [0, 0.05) is 12.2 Å². The summed E-state index contributed by atoms with van der Waals surface area (Å²) in [5.41, 5.74) is 0.458. The molecule has 1 amide bonds. The van der Waals surface area contributed by atoms with Gasteiger partial charge < -0.3 is 15.4 Å². The van der Waals surface area contributed by atoms with Gasteiger partial charge in [0.1, 0.15) is 11.9 Å². The van der Waals surface area contributed by atoms with Crippen LogP contribution in [0.1, 0.15) is 19.2 Å². The van der Waals surface area contributed by atoms with Crippen LogP contribution in [-0.4, -0.2) is 38.7 Å². The van der Waals surface area contributed by atoms with Crippen molar-refractivity contribution in [2.75, 3.05) is 5.75 Å². The number of H-pyrrole nitrogens is 1. The largest absolute Gasteiger partial charge is 0.480 e. The van der Waals surface area contributed by atoms with Crippen molar-refractivity contribution >= 4 is 34.5 Å². The normalized spacial score (nSPS) is 12.0. The molecule has 0 aliphatic carbocycles. The summed E-state index contributed by atoms with van der Waals surface area (Å²) in [6.45, 7) is 1.41. The number of carboxylic acids is 1. The highest BCUT2D eigenvalue weighted by Gasteiger charge is 2.13. The minimum Gasteiger partial charge on any atom is -0.480 e. The topological polar surface area (TPSA) is 112 Å². The van der Waals surface area contributed by atoms with E-state index >= 15 is 0 Å². The third-order valence-electron chi connectivity index (χ3n) is 3.12. The number of thioether (sulfide) groups is 1. The Morgan fingerprint density at radius 2 is 2.13 bits per heavy atom. The van der Waals surface area contributed by atoms with Crippen LogP contribution < -0.4 is 10.9 Å². The molecule has 2 rings (SSSR count). The molecule has 23 heavy (non-hydrogen) atoms. The minimum atomic E-state index is -1.07. The Kier molecular flexibility index (Phi) is 5.75. The lowest BCUT2D eigenvalue weighted by Gasteiger charge is -2.08. The number of fused-ring (bicyclic) bond motifs is 1. The average Bonchev–Trinajstić information content (AvgIpc) is 2.51. The lowest BCUT2D eigenvalue weighted by atomic mass is 10.2. The van der Waals surface area contributed by atoms with Crippen molar-refractivity contribution in [2.24, 2.45) is 0 Å². The van der Waals surface area contributed by atoms with E-state index in [1.807, 2.05) is 6.07 Å². The summed E-state index contributed by atoms with van der Waals surface area (Å²) >= 11 is 1.45. The summed E-state index contributed by atoms with van der Waals surface area (Å²) in [6.07, 6.45) is 0.208. The van der Waals surface area contributed by atoms with E-state index in [0.29, 0.717) is 28.2 Å². The molecule has 1 heterocycles. The second kappa shape index (κ2) is 7.77. The Morgan fingerprint density at radius 1 is 1.39 bits per heavy atom. The zero-order chi connectivity index (χ0) is 16.8. The van der Waals surface area contributed by atoms with Gasteiger partial charge in [-0.05, 0) is 19.1 Å². The monoisotopic (exact) mass is 335 g/mol. The molecule has 1 aromatic heterocycles. The quantitative estimate of drug-likeness (QED) is 0.654. The number of aromatic amines is 1. The molecule has 0 unspecified atom stereocenters. The second-order valence-corrected chi connectivity index (χ2v) is 6.06. The first kappa shape index (κ1) is 17.0. The van der Waals surface area contributed by atoms with Crippen LogP contribution in [-0.2, 0) is 15.3 Å². The predicted molar refractivity (Wildman–Crippen MR) is 88.4 cm³/mol. The molecule has 8 heteroatoms. The molecule has 1 atom stereocenters. The highest BCUT2D eigenvalue weighted by Crippen LogP contribution is 2.12. The molecule has 0 spiro atoms. The number of carboxylic acid groups (broad SMARTS) is 1. The summed E-state index contributed by atoms with van der Waals surface area (Å²) in [5, 5.41) is 11.6. The molecule has 0 bridgehead atoms. The van der Waals surface area contributed by atoms with Crippen LogP contribution in [0.3, 0.4) is 0 Å². The van der Waals surface area contributed by atoms with Crippen LogP contribution in [0.15, 0.2) is 29.1 Å². The molecule has 0 aliphatic rings. The fourth-order valence-electron chi connectivity index (χ4n) is 1.91. The number of aliphatic carboxylic acids is 1. The highest BCUT2D eigenvalue weighted by atomic mass is 32.2. The molecular formula is C15H17N3O4S. The van der Waals surface area contributed by atoms with E-state index in [9.17, 15) is 14.4 Å². The Labute approximate surface area is 136 Å². The van der Waals surface area contributed by atoms with E-state index < -0.39 is 12.0 Å². The van der Waals surface area contributed by atoms with Crippen LogP contribution in [0.2, 0.25) is 0 Å². The number of hydrogen-bond donors (Lipinski definition) is 3. The molecule has 0 saturated carbocycles. The van der Waals surface area contributed by atoms with Crippen molar-refractivity contribution in [3.8, 4) is 0 Å². The average molecular weight is 335 g/mol. The van der Waals surface area contributed by atoms with E-state index in [1.54, 1.807) is 18.2 Å². The van der Waals surface area contributed by atoms with Crippen LogP contribution in [0.5, 0.6) is 0 Å². The summed E-state index contributed by atoms with van der Waals surface area (Å²) in [7, 11) is 0. The first-order chi connectivity index (χ1) is 11.0. The molecule has 0 aliphatic heterocycles. The third-order valence-corrected chi connectivity index (χ3v) is 4.09. The molecule has 0 radical (unpaired) electrons. The first-order valence-electron chi connectivity index (χ1n) is 7.05. The molecule has 1 aromatic carbocycles. The second-order valence-electron chi connectivity index (χ2n) is 4.96. The third kappa shape index (κ3) is 4.82. The summed E-state index contributed by atoms with van der Waals surface area (Å²) in [5.74, 6) is 0.158. The Hall–Kier alpha value is -2.35. The Balaban J connectivity index is 1.84. The van der Waals surface area contributed by atoms with Crippen LogP contribution in [0.25, 0.3) is 10.9 Å². The highest BCUT2D eigenvalue weighted by molar-refractivity contribution is 7.98. The number of nitrogens with one attached hydrogen (secondary N) is 2. The number of benzene rings is 1. The fourth-order valence-corrected chi connectivity index (χ4v) is 2.72. The first-order valence-corrected chi connectivity index (χ1v) is 8.20. The Morgan fingerprint density at radius 3 is 2.87 bits per heavy atom. The van der Waals surface area contributed by atoms with Gasteiger partial charge in [-0.3, -0.25) is 14.4 Å². The predicted octanol–water partition coefficient (Wildman–Crippen LogP) is 1.14. The van der Waals surface area contributed by atoms with E-state index in [4.69, 9.17) is 5.11 Å². The van der Waals surface area contributed by atoms with Gasteiger partial charge in [0.05, 0.1) is 16.7 Å². The van der Waals surface area contributed by atoms with Gasteiger partial charge in [0.15, 0.2) is 0 Å². The smallest absolute Gasteiger partial charge is 0.325 e. The van der Waals surface area contributed by atoms with Gasteiger partial charge in [0.25, 0.3) is 5.56 Å². The van der Waals surface area contributed by atoms with Gasteiger partial charge in [-0.25, -0.2) is 4.98 Å². The van der Waals surface area contributed by atoms with Crippen molar-refractivity contribution in [3.63, 3.8) is 0 Å². The lowest BCUT2D eigenvalue weighted by molar-refractivity contribution is -0.141. The number of carbonyl (C=O) groups is 2. The van der Waals surface area contributed by atoms with Crippen molar-refractivity contribution < 1.29 is 14.7 Å². The molecule has 122 valence electrons. The van der Waals surface area contributed by atoms with E-state index in [0.717, 1.165) is 0 Å². The number of rotatable bonds is 7. The number of amides is 1. The number of para-hydroxylation sites is 1. The lowest BCUT2D eigenvalue weighted by Crippen LogP contribution is -2.38. The minimum absolute atomic E-state index is 0.181. The standard InChI is InChI=1S/C15H17N3O4S/c1-9(15(21)22)16-13(19)6-7-23-8-12-17-11-5-3-2-4-10(11)14(20)18-12/h2-5,9H,6-8H2,1H3,(H,16,19)(H,21,22)(H,17,18,20)/t9-/m0/s1. The van der Waals surface area contributed by atoms with Crippen molar-refractivity contribution in [1.82, 2.24) is 15.3 Å². The van der Waals surface area contributed by atoms with E-state index in [2.05, 4.69) is 15.3 Å².